The second-order valence-electron chi connectivity index (χ2n) is 8.90. The predicted octanol–water partition coefficient (Wildman–Crippen LogP) is 4.94. The average Bonchev–Trinajstić information content (AvgIpc) is 3.15. The molecular weight excluding hydrogens is 446 g/mol. The van der Waals surface area contributed by atoms with Gasteiger partial charge in [0.25, 0.3) is 15.9 Å². The molecule has 176 valence electrons. The molecule has 1 aliphatic heterocycles. The molecule has 0 aliphatic carbocycles. The van der Waals surface area contributed by atoms with E-state index in [9.17, 15) is 13.2 Å². The summed E-state index contributed by atoms with van der Waals surface area (Å²) in [5.74, 6) is 0.332. The van der Waals surface area contributed by atoms with Gasteiger partial charge in [-0.05, 0) is 49.2 Å². The van der Waals surface area contributed by atoms with Crippen molar-refractivity contribution in [2.24, 2.45) is 0 Å². The van der Waals surface area contributed by atoms with Crippen LogP contribution in [-0.4, -0.2) is 32.4 Å². The van der Waals surface area contributed by atoms with Crippen molar-refractivity contribution in [1.82, 2.24) is 4.98 Å². The number of aromatic nitrogens is 1. The Morgan fingerprint density at radius 1 is 0.971 bits per heavy atom. The lowest BCUT2D eigenvalue weighted by Gasteiger charge is -2.28. The summed E-state index contributed by atoms with van der Waals surface area (Å²) in [5.41, 5.74) is 2.93. The molecule has 0 bridgehead atoms. The third-order valence-electron chi connectivity index (χ3n) is 6.32. The first-order chi connectivity index (χ1) is 16.2. The van der Waals surface area contributed by atoms with Crippen LogP contribution in [0.5, 0.6) is 0 Å². The lowest BCUT2D eigenvalue weighted by molar-refractivity contribution is -0.115. The number of anilines is 2. The van der Waals surface area contributed by atoms with Crippen LogP contribution in [-0.2, 0) is 20.2 Å². The maximum absolute atomic E-state index is 13.5. The summed E-state index contributed by atoms with van der Waals surface area (Å²) >= 11 is 0. The van der Waals surface area contributed by atoms with Gasteiger partial charge in [-0.3, -0.25) is 14.0 Å². The van der Waals surface area contributed by atoms with Crippen molar-refractivity contribution in [3.8, 4) is 0 Å². The van der Waals surface area contributed by atoms with Crippen LogP contribution in [0.2, 0.25) is 0 Å². The van der Waals surface area contributed by atoms with E-state index >= 15 is 0 Å². The van der Waals surface area contributed by atoms with Gasteiger partial charge in [-0.1, -0.05) is 62.4 Å². The second kappa shape index (κ2) is 9.06. The summed E-state index contributed by atoms with van der Waals surface area (Å²) in [5, 5.41) is 0. The lowest BCUT2D eigenvalue weighted by atomic mass is 9.76. The molecule has 2 aromatic carbocycles. The molecule has 0 radical (unpaired) electrons. The molecule has 4 rings (SSSR count). The first kappa shape index (κ1) is 23.7. The Balaban J connectivity index is 1.60. The highest BCUT2D eigenvalue weighted by molar-refractivity contribution is 7.92. The molecule has 0 saturated heterocycles. The molecule has 0 atom stereocenters. The second-order valence-corrected chi connectivity index (χ2v) is 10.8. The van der Waals surface area contributed by atoms with E-state index in [0.29, 0.717) is 24.6 Å². The van der Waals surface area contributed by atoms with Gasteiger partial charge >= 0.3 is 0 Å². The van der Waals surface area contributed by atoms with Gasteiger partial charge < -0.3 is 0 Å². The number of sulfonamides is 1. The minimum Gasteiger partial charge on any atom is -0.289 e. The van der Waals surface area contributed by atoms with E-state index in [0.717, 1.165) is 16.7 Å². The van der Waals surface area contributed by atoms with E-state index in [1.807, 2.05) is 43.3 Å². The lowest BCUT2D eigenvalue weighted by Crippen LogP contribution is -2.33. The van der Waals surface area contributed by atoms with Crippen LogP contribution in [0.3, 0.4) is 0 Å². The average molecular weight is 476 g/mol. The van der Waals surface area contributed by atoms with Gasteiger partial charge in [0.15, 0.2) is 0 Å². The highest BCUT2D eigenvalue weighted by Gasteiger charge is 2.40. The van der Waals surface area contributed by atoms with Gasteiger partial charge in [-0.25, -0.2) is 13.4 Å². The number of carbonyl (C=O) groups is 1. The third-order valence-corrected chi connectivity index (χ3v) is 8.20. The summed E-state index contributed by atoms with van der Waals surface area (Å²) in [4.78, 5) is 19.5. The Bertz CT molecular complexity index is 1320. The van der Waals surface area contributed by atoms with Crippen LogP contribution < -0.4 is 9.21 Å². The number of amides is 1. The van der Waals surface area contributed by atoms with Crippen molar-refractivity contribution in [2.75, 3.05) is 22.3 Å². The zero-order valence-corrected chi connectivity index (χ0v) is 20.7. The fourth-order valence-corrected chi connectivity index (χ4v) is 6.01. The summed E-state index contributed by atoms with van der Waals surface area (Å²) in [6.45, 7) is 8.58. The third kappa shape index (κ3) is 4.12. The van der Waals surface area contributed by atoms with Crippen molar-refractivity contribution in [3.05, 3.63) is 95.7 Å². The Kier molecular flexibility index (Phi) is 6.32. The molecule has 6 nitrogen and oxygen atoms in total. The van der Waals surface area contributed by atoms with E-state index in [-0.39, 0.29) is 10.8 Å². The number of para-hydroxylation sites is 1. The molecule has 0 saturated carbocycles. The highest BCUT2D eigenvalue weighted by Crippen LogP contribution is 2.39. The molecule has 7 heteroatoms. The van der Waals surface area contributed by atoms with Crippen molar-refractivity contribution >= 4 is 27.4 Å². The zero-order valence-electron chi connectivity index (χ0n) is 19.9. The number of benzene rings is 2. The first-order valence-electron chi connectivity index (χ1n) is 11.3. The molecule has 34 heavy (non-hydrogen) atoms. The van der Waals surface area contributed by atoms with Gasteiger partial charge in [0.1, 0.15) is 10.7 Å². The van der Waals surface area contributed by atoms with E-state index in [1.165, 1.54) is 16.6 Å². The Morgan fingerprint density at radius 2 is 1.59 bits per heavy atom. The highest BCUT2D eigenvalue weighted by atomic mass is 32.2. The predicted molar refractivity (Wildman–Crippen MR) is 135 cm³/mol. The fourth-order valence-electron chi connectivity index (χ4n) is 4.59. The Morgan fingerprint density at radius 3 is 2.15 bits per heavy atom. The van der Waals surface area contributed by atoms with Crippen LogP contribution in [0.1, 0.15) is 33.3 Å². The van der Waals surface area contributed by atoms with Gasteiger partial charge in [0, 0.05) is 30.3 Å². The molecular formula is C27H29N3O3S. The largest absolute Gasteiger partial charge is 0.289 e. The molecule has 0 spiro atoms. The molecule has 3 aromatic rings. The van der Waals surface area contributed by atoms with E-state index in [1.54, 1.807) is 42.2 Å². The zero-order chi connectivity index (χ0) is 24.5. The summed E-state index contributed by atoms with van der Waals surface area (Å²) in [6.07, 6.45) is 1.33. The quantitative estimate of drug-likeness (QED) is 0.485. The van der Waals surface area contributed by atoms with E-state index < -0.39 is 15.4 Å². The van der Waals surface area contributed by atoms with Gasteiger partial charge in [0.05, 0.1) is 5.69 Å². The van der Waals surface area contributed by atoms with Crippen molar-refractivity contribution in [2.45, 2.75) is 38.0 Å². The molecule has 0 fully saturated rings. The number of carbonyl (C=O) groups excluding carboxylic acids is 1. The van der Waals surface area contributed by atoms with Crippen LogP contribution in [0.15, 0.2) is 95.0 Å². The standard InChI is InChI=1S/C27H29N3O3S/c1-5-30(22-14-10-7-11-15-22)34(32,33)23-16-17-24(28-18-23)29-19-20(2)25(26(29)31)27(3,4)21-12-8-6-9-13-21/h6-18H,5,19H2,1-4H3. The maximum atomic E-state index is 13.5. The number of pyridine rings is 1. The summed E-state index contributed by atoms with van der Waals surface area (Å²) in [6, 6.07) is 22.1. The van der Waals surface area contributed by atoms with Crippen LogP contribution >= 0.6 is 0 Å². The van der Waals surface area contributed by atoms with Crippen molar-refractivity contribution < 1.29 is 13.2 Å². The first-order valence-corrected chi connectivity index (χ1v) is 12.7. The van der Waals surface area contributed by atoms with Crippen LogP contribution in [0.25, 0.3) is 0 Å². The Hall–Kier alpha value is -3.45. The SMILES string of the molecule is CCN(c1ccccc1)S(=O)(=O)c1ccc(N2CC(C)=C(C(C)(C)c3ccccc3)C2=O)nc1. The van der Waals surface area contributed by atoms with E-state index in [4.69, 9.17) is 0 Å². The summed E-state index contributed by atoms with van der Waals surface area (Å²) < 4.78 is 27.8. The summed E-state index contributed by atoms with van der Waals surface area (Å²) in [7, 11) is -3.78. The van der Waals surface area contributed by atoms with E-state index in [2.05, 4.69) is 18.8 Å². The van der Waals surface area contributed by atoms with Crippen LogP contribution in [0, 0.1) is 0 Å². The van der Waals surface area contributed by atoms with Gasteiger partial charge in [-0.15, -0.1) is 0 Å². The molecule has 1 aliphatic rings. The smallest absolute Gasteiger partial charge is 0.265 e. The minimum absolute atomic E-state index is 0.0862. The fraction of sp³-hybridized carbons (Fsp3) is 0.259. The van der Waals surface area contributed by atoms with Gasteiger partial charge in [-0.2, -0.15) is 0 Å². The van der Waals surface area contributed by atoms with Crippen molar-refractivity contribution in [1.29, 1.82) is 0 Å². The Labute approximate surface area is 201 Å². The minimum atomic E-state index is -3.78. The molecule has 0 unspecified atom stereocenters. The van der Waals surface area contributed by atoms with Gasteiger partial charge in [0.2, 0.25) is 0 Å². The number of nitrogens with zero attached hydrogens (tertiary/aromatic N) is 3. The number of hydrogen-bond acceptors (Lipinski definition) is 4. The normalized spacial score (nSPS) is 14.6. The number of rotatable bonds is 7. The topological polar surface area (TPSA) is 70.6 Å². The maximum Gasteiger partial charge on any atom is 0.265 e. The molecule has 0 N–H and O–H groups in total. The van der Waals surface area contributed by atoms with Crippen LogP contribution in [0.4, 0.5) is 11.5 Å². The molecule has 2 heterocycles. The number of hydrogen-bond donors (Lipinski definition) is 0. The van der Waals surface area contributed by atoms with Crippen molar-refractivity contribution in [3.63, 3.8) is 0 Å². The molecule has 1 amide bonds. The monoisotopic (exact) mass is 475 g/mol. The molecule has 1 aromatic heterocycles.